The van der Waals surface area contributed by atoms with Crippen LogP contribution in [0.2, 0.25) is 5.02 Å². The van der Waals surface area contributed by atoms with Gasteiger partial charge < -0.3 is 4.90 Å². The Bertz CT molecular complexity index is 897. The van der Waals surface area contributed by atoms with Crippen molar-refractivity contribution in [3.05, 3.63) is 64.2 Å². The van der Waals surface area contributed by atoms with Crippen molar-refractivity contribution in [2.45, 2.75) is 12.4 Å². The number of hydroxylamine groups is 1. The first-order valence-corrected chi connectivity index (χ1v) is 8.40. The van der Waals surface area contributed by atoms with E-state index in [0.717, 1.165) is 4.90 Å². The molecule has 0 aromatic heterocycles. The fraction of sp³-hybridized carbons (Fsp3) is 0.222. The summed E-state index contributed by atoms with van der Waals surface area (Å²) < 4.78 is 77.1. The molecule has 162 valence electrons. The van der Waals surface area contributed by atoms with Crippen molar-refractivity contribution in [1.29, 1.82) is 0 Å². The van der Waals surface area contributed by atoms with Crippen molar-refractivity contribution in [2.24, 2.45) is 0 Å². The van der Waals surface area contributed by atoms with E-state index in [1.54, 1.807) is 5.48 Å². The van der Waals surface area contributed by atoms with Crippen molar-refractivity contribution in [3.8, 4) is 0 Å². The average molecular weight is 455 g/mol. The molecule has 0 saturated carbocycles. The molecule has 1 N–H and O–H groups in total. The lowest BCUT2D eigenvalue weighted by Gasteiger charge is -2.17. The highest BCUT2D eigenvalue weighted by Gasteiger charge is 2.37. The maximum atomic E-state index is 12.8. The number of hydrogen-bond acceptors (Lipinski definition) is 3. The van der Waals surface area contributed by atoms with Crippen LogP contribution in [0.3, 0.4) is 0 Å². The standard InChI is InChI=1S/C18H13ClF6N2O3/c1-27(14-4-2-13(19)3-5-14)15(28)9-30-26-16(29)10-6-11(17(20,21)22)8-12(7-10)18(23,24)25/h2-8H,9H2,1H3,(H,26,29). The summed E-state index contributed by atoms with van der Waals surface area (Å²) in [5.74, 6) is -2.04. The third kappa shape index (κ3) is 6.10. The van der Waals surface area contributed by atoms with Gasteiger partial charge in [0, 0.05) is 23.3 Å². The normalized spacial score (nSPS) is 11.9. The number of anilines is 1. The van der Waals surface area contributed by atoms with Gasteiger partial charge in [-0.1, -0.05) is 11.6 Å². The Kier molecular flexibility index (Phi) is 6.99. The topological polar surface area (TPSA) is 58.6 Å². The molecular weight excluding hydrogens is 442 g/mol. The lowest BCUT2D eigenvalue weighted by Crippen LogP contribution is -2.34. The quantitative estimate of drug-likeness (QED) is 0.526. The van der Waals surface area contributed by atoms with Crippen LogP contribution in [0.15, 0.2) is 42.5 Å². The predicted molar refractivity (Wildman–Crippen MR) is 94.7 cm³/mol. The van der Waals surface area contributed by atoms with E-state index in [9.17, 15) is 35.9 Å². The third-order valence-corrected chi connectivity index (χ3v) is 4.05. The smallest absolute Gasteiger partial charge is 0.313 e. The van der Waals surface area contributed by atoms with Gasteiger partial charge in [-0.05, 0) is 42.5 Å². The molecule has 0 atom stereocenters. The maximum Gasteiger partial charge on any atom is 0.416 e. The maximum absolute atomic E-state index is 12.8. The number of rotatable bonds is 5. The van der Waals surface area contributed by atoms with Gasteiger partial charge in [-0.15, -0.1) is 0 Å². The Hall–Kier alpha value is -2.79. The third-order valence-electron chi connectivity index (χ3n) is 3.80. The summed E-state index contributed by atoms with van der Waals surface area (Å²) >= 11 is 5.73. The van der Waals surface area contributed by atoms with Gasteiger partial charge in [-0.2, -0.15) is 26.3 Å². The molecule has 0 aliphatic heterocycles. The van der Waals surface area contributed by atoms with Gasteiger partial charge in [0.15, 0.2) is 6.61 Å². The Morgan fingerprint density at radius 3 is 1.93 bits per heavy atom. The van der Waals surface area contributed by atoms with Crippen molar-refractivity contribution in [3.63, 3.8) is 0 Å². The van der Waals surface area contributed by atoms with Gasteiger partial charge in [-0.3, -0.25) is 14.4 Å². The fourth-order valence-corrected chi connectivity index (χ4v) is 2.34. The van der Waals surface area contributed by atoms with Gasteiger partial charge in [0.2, 0.25) is 0 Å². The number of benzene rings is 2. The molecule has 5 nitrogen and oxygen atoms in total. The first-order valence-electron chi connectivity index (χ1n) is 8.03. The molecule has 2 aromatic rings. The molecule has 0 heterocycles. The summed E-state index contributed by atoms with van der Waals surface area (Å²) in [6, 6.07) is 6.48. The van der Waals surface area contributed by atoms with Gasteiger partial charge in [0.1, 0.15) is 0 Å². The molecule has 0 radical (unpaired) electrons. The van der Waals surface area contributed by atoms with Crippen LogP contribution in [0.1, 0.15) is 21.5 Å². The van der Waals surface area contributed by atoms with Crippen LogP contribution >= 0.6 is 11.6 Å². The number of alkyl halides is 6. The molecule has 0 fully saturated rings. The SMILES string of the molecule is CN(C(=O)CONC(=O)c1cc(C(F)(F)F)cc(C(F)(F)F)c1)c1ccc(Cl)cc1. The van der Waals surface area contributed by atoms with E-state index in [1.807, 2.05) is 0 Å². The Labute approximate surface area is 171 Å². The zero-order valence-electron chi connectivity index (χ0n) is 15.1. The summed E-state index contributed by atoms with van der Waals surface area (Å²) in [6.45, 7) is -0.726. The second-order valence-electron chi connectivity index (χ2n) is 5.94. The number of nitrogens with one attached hydrogen (secondary N) is 1. The predicted octanol–water partition coefficient (Wildman–Crippen LogP) is 4.70. The zero-order valence-corrected chi connectivity index (χ0v) is 15.8. The van der Waals surface area contributed by atoms with Crippen molar-refractivity contribution in [1.82, 2.24) is 5.48 Å². The molecule has 0 saturated heterocycles. The number of nitrogens with zero attached hydrogens (tertiary/aromatic N) is 1. The highest BCUT2D eigenvalue weighted by Crippen LogP contribution is 2.36. The number of amides is 2. The van der Waals surface area contributed by atoms with Crippen molar-refractivity contribution >= 4 is 29.1 Å². The van der Waals surface area contributed by atoms with Crippen LogP contribution in [-0.4, -0.2) is 25.5 Å². The Morgan fingerprint density at radius 2 is 1.47 bits per heavy atom. The molecule has 12 heteroatoms. The number of carbonyl (C=O) groups is 2. The second kappa shape index (κ2) is 8.92. The zero-order chi connectivity index (χ0) is 22.7. The molecule has 0 spiro atoms. The first kappa shape index (κ1) is 23.5. The summed E-state index contributed by atoms with van der Waals surface area (Å²) in [7, 11) is 1.39. The average Bonchev–Trinajstić information content (AvgIpc) is 2.66. The summed E-state index contributed by atoms with van der Waals surface area (Å²) in [6.07, 6.45) is -10.2. The first-order chi connectivity index (χ1) is 13.8. The van der Waals surface area contributed by atoms with Crippen LogP contribution < -0.4 is 10.4 Å². The minimum atomic E-state index is -5.10. The molecular formula is C18H13ClF6N2O3. The van der Waals surface area contributed by atoms with Gasteiger partial charge in [0.25, 0.3) is 11.8 Å². The van der Waals surface area contributed by atoms with Crippen LogP contribution in [0.5, 0.6) is 0 Å². The minimum Gasteiger partial charge on any atom is -0.313 e. The lowest BCUT2D eigenvalue weighted by molar-refractivity contribution is -0.143. The second-order valence-corrected chi connectivity index (χ2v) is 6.38. The van der Waals surface area contributed by atoms with Gasteiger partial charge in [0.05, 0.1) is 11.1 Å². The number of halogens is 7. The van der Waals surface area contributed by atoms with Gasteiger partial charge >= 0.3 is 12.4 Å². The molecule has 2 amide bonds. The van der Waals surface area contributed by atoms with E-state index in [-0.39, 0.29) is 18.2 Å². The summed E-state index contributed by atoms with van der Waals surface area (Å²) in [5, 5.41) is 0.433. The van der Waals surface area contributed by atoms with E-state index < -0.39 is 47.5 Å². The number of hydrogen-bond donors (Lipinski definition) is 1. The van der Waals surface area contributed by atoms with Gasteiger partial charge in [-0.25, -0.2) is 5.48 Å². The molecule has 0 aliphatic carbocycles. The highest BCUT2D eigenvalue weighted by atomic mass is 35.5. The lowest BCUT2D eigenvalue weighted by atomic mass is 10.0. The molecule has 2 aromatic carbocycles. The Balaban J connectivity index is 2.07. The van der Waals surface area contributed by atoms with Crippen molar-refractivity contribution in [2.75, 3.05) is 18.6 Å². The molecule has 0 bridgehead atoms. The summed E-state index contributed by atoms with van der Waals surface area (Å²) in [5.41, 5.74) is -2.14. The molecule has 2 rings (SSSR count). The summed E-state index contributed by atoms with van der Waals surface area (Å²) in [4.78, 5) is 29.8. The molecule has 0 unspecified atom stereocenters. The number of carbonyl (C=O) groups excluding carboxylic acids is 2. The van der Waals surface area contributed by atoms with E-state index >= 15 is 0 Å². The van der Waals surface area contributed by atoms with E-state index in [4.69, 9.17) is 11.6 Å². The van der Waals surface area contributed by atoms with E-state index in [1.165, 1.54) is 31.3 Å². The van der Waals surface area contributed by atoms with Crippen LogP contribution in [-0.2, 0) is 22.0 Å². The largest absolute Gasteiger partial charge is 0.416 e. The molecule has 0 aliphatic rings. The Morgan fingerprint density at radius 1 is 0.967 bits per heavy atom. The molecule has 30 heavy (non-hydrogen) atoms. The number of likely N-dealkylation sites (N-methyl/N-ethyl adjacent to an activating group) is 1. The minimum absolute atomic E-state index is 0.109. The van der Waals surface area contributed by atoms with Crippen LogP contribution in [0.25, 0.3) is 0 Å². The van der Waals surface area contributed by atoms with Crippen molar-refractivity contribution < 1.29 is 40.8 Å². The highest BCUT2D eigenvalue weighted by molar-refractivity contribution is 6.30. The monoisotopic (exact) mass is 454 g/mol. The van der Waals surface area contributed by atoms with Crippen LogP contribution in [0.4, 0.5) is 32.0 Å². The van der Waals surface area contributed by atoms with E-state index in [2.05, 4.69) is 4.84 Å². The fourth-order valence-electron chi connectivity index (χ4n) is 2.21. The van der Waals surface area contributed by atoms with Crippen LogP contribution in [0, 0.1) is 0 Å². The van der Waals surface area contributed by atoms with E-state index in [0.29, 0.717) is 10.7 Å².